The van der Waals surface area contributed by atoms with Crippen LogP contribution >= 0.6 is 0 Å². The molecule has 0 aromatic carbocycles. The number of piperidine rings is 3. The van der Waals surface area contributed by atoms with Gasteiger partial charge in [-0.1, -0.05) is 0 Å². The minimum Gasteiger partial charge on any atom is -0.381 e. The number of likely N-dealkylation sites (tertiary alicyclic amines) is 1. The molecule has 7 rings (SSSR count). The summed E-state index contributed by atoms with van der Waals surface area (Å²) in [6.07, 6.45) is 14.5. The molecule has 0 bridgehead atoms. The number of nitriles is 1. The number of hydrazine groups is 1. The topological polar surface area (TPSA) is 88.5 Å². The van der Waals surface area contributed by atoms with Gasteiger partial charge in [-0.3, -0.25) is 15.6 Å². The lowest BCUT2D eigenvalue weighted by Gasteiger charge is -2.48. The van der Waals surface area contributed by atoms with E-state index in [2.05, 4.69) is 36.5 Å². The van der Waals surface area contributed by atoms with Crippen molar-refractivity contribution in [1.29, 1.82) is 5.26 Å². The van der Waals surface area contributed by atoms with Crippen LogP contribution in [-0.4, -0.2) is 143 Å². The van der Waals surface area contributed by atoms with Gasteiger partial charge >= 0.3 is 0 Å². The molecule has 10 heteroatoms. The molecule has 46 heavy (non-hydrogen) atoms. The van der Waals surface area contributed by atoms with E-state index in [0.717, 1.165) is 70.8 Å². The maximum Gasteiger partial charge on any atom is 0.107 e. The van der Waals surface area contributed by atoms with Crippen LogP contribution in [0.25, 0.3) is 0 Å². The normalized spacial score (nSPS) is 40.1. The van der Waals surface area contributed by atoms with Gasteiger partial charge < -0.3 is 24.0 Å². The largest absolute Gasteiger partial charge is 0.381 e. The first-order valence-corrected chi connectivity index (χ1v) is 19.2. The molecule has 0 radical (unpaired) electrons. The number of methoxy groups -OCH3 is 1. The lowest BCUT2D eigenvalue weighted by molar-refractivity contribution is -0.0761. The predicted octanol–water partition coefficient (Wildman–Crippen LogP) is 2.76. The van der Waals surface area contributed by atoms with Crippen LogP contribution in [0.5, 0.6) is 0 Å². The smallest absolute Gasteiger partial charge is 0.107 e. The maximum absolute atomic E-state index is 10.0. The van der Waals surface area contributed by atoms with E-state index in [1.807, 2.05) is 7.11 Å². The fraction of sp³-hybridized carbons (Fsp3) is 0.972. The zero-order valence-corrected chi connectivity index (χ0v) is 28.8. The minimum absolute atomic E-state index is 0.0994. The van der Waals surface area contributed by atoms with Crippen molar-refractivity contribution in [3.8, 4) is 6.07 Å². The van der Waals surface area contributed by atoms with Crippen LogP contribution in [0.4, 0.5) is 0 Å². The molecule has 7 fully saturated rings. The van der Waals surface area contributed by atoms with E-state index in [4.69, 9.17) is 14.2 Å². The fourth-order valence-electron chi connectivity index (χ4n) is 10.5. The average molecular weight is 642 g/mol. The highest BCUT2D eigenvalue weighted by atomic mass is 16.5. The van der Waals surface area contributed by atoms with E-state index in [1.165, 1.54) is 104 Å². The van der Waals surface area contributed by atoms with E-state index in [-0.39, 0.29) is 18.2 Å². The molecule has 10 nitrogen and oxygen atoms in total. The summed E-state index contributed by atoms with van der Waals surface area (Å²) in [6.45, 7) is 15.1. The number of rotatable bonds is 9. The summed E-state index contributed by atoms with van der Waals surface area (Å²) >= 11 is 0. The second-order valence-corrected chi connectivity index (χ2v) is 16.1. The molecular formula is C36H63N7O3. The number of piperazine rings is 1. The van der Waals surface area contributed by atoms with Crippen molar-refractivity contribution in [3.63, 3.8) is 0 Å². The van der Waals surface area contributed by atoms with Crippen molar-refractivity contribution < 1.29 is 14.2 Å². The summed E-state index contributed by atoms with van der Waals surface area (Å²) in [5.41, 5.74) is 4.17. The van der Waals surface area contributed by atoms with Crippen molar-refractivity contribution in [2.45, 2.75) is 95.0 Å². The first-order chi connectivity index (χ1) is 22.6. The van der Waals surface area contributed by atoms with Crippen LogP contribution in [-0.2, 0) is 14.2 Å². The molecule has 6 unspecified atom stereocenters. The van der Waals surface area contributed by atoms with Crippen LogP contribution in [0, 0.1) is 40.4 Å². The highest BCUT2D eigenvalue weighted by Crippen LogP contribution is 2.43. The van der Waals surface area contributed by atoms with Crippen LogP contribution in [0.3, 0.4) is 0 Å². The second kappa shape index (κ2) is 15.8. The Morgan fingerprint density at radius 1 is 0.891 bits per heavy atom. The Kier molecular flexibility index (Phi) is 11.5. The van der Waals surface area contributed by atoms with E-state index < -0.39 is 0 Å². The van der Waals surface area contributed by atoms with Gasteiger partial charge in [0.05, 0.1) is 24.7 Å². The van der Waals surface area contributed by atoms with Crippen LogP contribution < -0.4 is 10.7 Å². The molecule has 6 heterocycles. The van der Waals surface area contributed by atoms with Gasteiger partial charge in [0.25, 0.3) is 0 Å². The molecule has 1 aliphatic carbocycles. The highest BCUT2D eigenvalue weighted by molar-refractivity contribution is 5.06. The van der Waals surface area contributed by atoms with Crippen molar-refractivity contribution in [3.05, 3.63) is 0 Å². The van der Waals surface area contributed by atoms with E-state index in [9.17, 15) is 5.26 Å². The van der Waals surface area contributed by atoms with Crippen LogP contribution in [0.15, 0.2) is 0 Å². The van der Waals surface area contributed by atoms with Gasteiger partial charge in [0.15, 0.2) is 0 Å². The van der Waals surface area contributed by atoms with Gasteiger partial charge in [-0.05, 0) is 107 Å². The molecule has 0 aromatic rings. The van der Waals surface area contributed by atoms with Crippen molar-refractivity contribution in [1.82, 2.24) is 30.5 Å². The zero-order valence-electron chi connectivity index (χ0n) is 28.8. The number of hydrogen-bond donors (Lipinski definition) is 2. The van der Waals surface area contributed by atoms with Crippen molar-refractivity contribution >= 4 is 0 Å². The Morgan fingerprint density at radius 2 is 1.67 bits per heavy atom. The van der Waals surface area contributed by atoms with Gasteiger partial charge in [0, 0.05) is 91.3 Å². The molecule has 1 spiro atoms. The van der Waals surface area contributed by atoms with E-state index in [0.29, 0.717) is 23.3 Å². The molecule has 2 N–H and O–H groups in total. The Bertz CT molecular complexity index is 973. The number of nitrogens with zero attached hydrogens (tertiary/aromatic N) is 5. The number of fused-ring (bicyclic) bond motifs is 1. The molecule has 6 aliphatic heterocycles. The monoisotopic (exact) mass is 641 g/mol. The second-order valence-electron chi connectivity index (χ2n) is 16.1. The standard InChI is InChI=1S/C36H63N7O3/c1-44-34-7-2-28(24-38-34)26-41-14-16-42(17-15-41)31-5-3-29(4-6-31)33-22-32(27-43-35(33)30(23-37)25-39-43)46-21-18-40-12-8-36(9-13-40)10-19-45-20-11-36/h28-35,38-39H,2-22,24-27H2,1H3. The van der Waals surface area contributed by atoms with E-state index in [1.54, 1.807) is 0 Å². The van der Waals surface area contributed by atoms with Gasteiger partial charge in [0.1, 0.15) is 6.23 Å². The van der Waals surface area contributed by atoms with Gasteiger partial charge in [-0.15, -0.1) is 0 Å². The molecule has 6 saturated heterocycles. The molecular weight excluding hydrogens is 578 g/mol. The third-order valence-corrected chi connectivity index (χ3v) is 13.6. The van der Waals surface area contributed by atoms with Crippen molar-refractivity contribution in [2.75, 3.05) is 98.9 Å². The Balaban J connectivity index is 0.853. The summed E-state index contributed by atoms with van der Waals surface area (Å²) in [4.78, 5) is 8.15. The summed E-state index contributed by atoms with van der Waals surface area (Å²) in [5, 5.41) is 16.0. The molecule has 6 atom stereocenters. The molecule has 1 saturated carbocycles. The lowest BCUT2D eigenvalue weighted by atomic mass is 9.69. The molecule has 0 amide bonds. The maximum atomic E-state index is 10.0. The predicted molar refractivity (Wildman–Crippen MR) is 179 cm³/mol. The average Bonchev–Trinajstić information content (AvgIpc) is 3.53. The summed E-state index contributed by atoms with van der Waals surface area (Å²) < 4.78 is 17.8. The first kappa shape index (κ1) is 33.6. The molecule has 7 aliphatic rings. The van der Waals surface area contributed by atoms with Crippen LogP contribution in [0.1, 0.15) is 70.6 Å². The van der Waals surface area contributed by atoms with Gasteiger partial charge in [-0.25, -0.2) is 5.01 Å². The van der Waals surface area contributed by atoms with E-state index >= 15 is 0 Å². The summed E-state index contributed by atoms with van der Waals surface area (Å²) in [5.74, 6) is 2.12. The third kappa shape index (κ3) is 7.95. The SMILES string of the molecule is COC1CCC(CN2CCN(C3CCC(C4CC(OCCN5CCC6(CCOCC6)CC5)CN5NCC(C#N)C45)CC3)CC2)CN1. The van der Waals surface area contributed by atoms with Crippen LogP contribution in [0.2, 0.25) is 0 Å². The van der Waals surface area contributed by atoms with Gasteiger partial charge in [0.2, 0.25) is 0 Å². The lowest BCUT2D eigenvalue weighted by Crippen LogP contribution is -2.56. The molecule has 260 valence electrons. The van der Waals surface area contributed by atoms with Crippen molar-refractivity contribution in [2.24, 2.45) is 29.1 Å². The minimum atomic E-state index is 0.0994. The zero-order chi connectivity index (χ0) is 31.3. The quantitative estimate of drug-likeness (QED) is 0.392. The Labute approximate surface area is 278 Å². The van der Waals surface area contributed by atoms with Gasteiger partial charge in [-0.2, -0.15) is 5.26 Å². The summed E-state index contributed by atoms with van der Waals surface area (Å²) in [6, 6.07) is 3.76. The number of ether oxygens (including phenoxy) is 3. The Morgan fingerprint density at radius 3 is 2.37 bits per heavy atom. The third-order valence-electron chi connectivity index (χ3n) is 13.6. The summed E-state index contributed by atoms with van der Waals surface area (Å²) in [7, 11) is 1.81. The molecule has 0 aromatic heterocycles. The number of hydrogen-bond acceptors (Lipinski definition) is 10. The fourth-order valence-corrected chi connectivity index (χ4v) is 10.5. The number of nitrogens with one attached hydrogen (secondary N) is 2. The first-order valence-electron chi connectivity index (χ1n) is 19.2. The Hall–Kier alpha value is -0.870. The highest BCUT2D eigenvalue weighted by Gasteiger charge is 2.48.